The van der Waals surface area contributed by atoms with Crippen LogP contribution in [0, 0.1) is 0 Å². The van der Waals surface area contributed by atoms with E-state index < -0.39 is 5.97 Å². The number of hydrogen-bond donors (Lipinski definition) is 0. The van der Waals surface area contributed by atoms with Crippen LogP contribution in [0.25, 0.3) is 10.6 Å². The molecular weight excluding hydrogens is 448 g/mol. The molecule has 1 fully saturated rings. The zero-order valence-corrected chi connectivity index (χ0v) is 19.2. The van der Waals surface area contributed by atoms with Crippen LogP contribution >= 0.6 is 22.9 Å². The summed E-state index contributed by atoms with van der Waals surface area (Å²) in [6.45, 7) is 0.219. The van der Waals surface area contributed by atoms with Crippen LogP contribution in [0.15, 0.2) is 53.9 Å². The standard InChI is InChI=1S/C24H23ClN2O4S/c1-30-21-9-5-16(6-10-21)13-27(20-7-8-20)22(28)14-31-23(29)12-19-15-32-24(26-19)17-3-2-4-18(25)11-17/h2-6,9-11,15,20H,7-8,12-14H2,1H3. The molecule has 1 aromatic heterocycles. The van der Waals surface area contributed by atoms with Gasteiger partial charge in [0, 0.05) is 28.6 Å². The van der Waals surface area contributed by atoms with E-state index in [1.165, 1.54) is 11.3 Å². The van der Waals surface area contributed by atoms with Crippen molar-refractivity contribution in [2.24, 2.45) is 0 Å². The summed E-state index contributed by atoms with van der Waals surface area (Å²) >= 11 is 7.47. The maximum Gasteiger partial charge on any atom is 0.312 e. The van der Waals surface area contributed by atoms with Gasteiger partial charge in [0.15, 0.2) is 6.61 Å². The number of carbonyl (C=O) groups excluding carboxylic acids is 2. The number of thiazole rings is 1. The number of amides is 1. The largest absolute Gasteiger partial charge is 0.497 e. The SMILES string of the molecule is COc1ccc(CN(C(=O)COC(=O)Cc2csc(-c3cccc(Cl)c3)n2)C2CC2)cc1. The lowest BCUT2D eigenvalue weighted by Gasteiger charge is -2.22. The molecule has 1 saturated carbocycles. The van der Waals surface area contributed by atoms with Crippen LogP contribution in [0.4, 0.5) is 0 Å². The molecule has 32 heavy (non-hydrogen) atoms. The first kappa shape index (κ1) is 22.3. The van der Waals surface area contributed by atoms with Gasteiger partial charge in [0.05, 0.1) is 19.2 Å². The van der Waals surface area contributed by atoms with Crippen molar-refractivity contribution in [3.05, 3.63) is 70.2 Å². The van der Waals surface area contributed by atoms with Gasteiger partial charge < -0.3 is 14.4 Å². The zero-order chi connectivity index (χ0) is 22.5. The van der Waals surface area contributed by atoms with E-state index in [4.69, 9.17) is 21.1 Å². The van der Waals surface area contributed by atoms with Crippen molar-refractivity contribution < 1.29 is 19.1 Å². The van der Waals surface area contributed by atoms with E-state index in [-0.39, 0.29) is 25.0 Å². The highest BCUT2D eigenvalue weighted by atomic mass is 35.5. The van der Waals surface area contributed by atoms with Crippen LogP contribution in [-0.4, -0.2) is 41.5 Å². The van der Waals surface area contributed by atoms with E-state index >= 15 is 0 Å². The molecule has 1 aliphatic carbocycles. The van der Waals surface area contributed by atoms with Crippen LogP contribution in [0.3, 0.4) is 0 Å². The number of benzene rings is 2. The van der Waals surface area contributed by atoms with Crippen molar-refractivity contribution >= 4 is 34.8 Å². The van der Waals surface area contributed by atoms with E-state index in [0.29, 0.717) is 17.3 Å². The Kier molecular flexibility index (Phi) is 7.07. The van der Waals surface area contributed by atoms with Crippen molar-refractivity contribution in [1.29, 1.82) is 0 Å². The van der Waals surface area contributed by atoms with E-state index in [9.17, 15) is 9.59 Å². The van der Waals surface area contributed by atoms with Gasteiger partial charge in [-0.1, -0.05) is 35.9 Å². The molecule has 6 nitrogen and oxygen atoms in total. The molecule has 0 radical (unpaired) electrons. The Hall–Kier alpha value is -2.90. The molecule has 0 aliphatic heterocycles. The molecule has 1 amide bonds. The first-order chi connectivity index (χ1) is 15.5. The first-order valence-corrected chi connectivity index (χ1v) is 11.6. The van der Waals surface area contributed by atoms with Gasteiger partial charge in [0.2, 0.25) is 0 Å². The average Bonchev–Trinajstić information content (AvgIpc) is 3.54. The molecule has 4 rings (SSSR count). The monoisotopic (exact) mass is 470 g/mol. The smallest absolute Gasteiger partial charge is 0.312 e. The molecule has 1 heterocycles. The number of halogens is 1. The highest BCUT2D eigenvalue weighted by molar-refractivity contribution is 7.13. The summed E-state index contributed by atoms with van der Waals surface area (Å²) in [4.78, 5) is 31.3. The highest BCUT2D eigenvalue weighted by Crippen LogP contribution is 2.29. The maximum atomic E-state index is 12.7. The second-order valence-electron chi connectivity index (χ2n) is 7.59. The number of carbonyl (C=O) groups is 2. The van der Waals surface area contributed by atoms with Crippen molar-refractivity contribution in [1.82, 2.24) is 9.88 Å². The minimum absolute atomic E-state index is 0.0201. The topological polar surface area (TPSA) is 68.7 Å². The van der Waals surface area contributed by atoms with Crippen molar-refractivity contribution in [3.63, 3.8) is 0 Å². The molecule has 0 saturated heterocycles. The Morgan fingerprint density at radius 1 is 1.19 bits per heavy atom. The maximum absolute atomic E-state index is 12.7. The molecule has 1 aliphatic rings. The molecule has 2 aromatic carbocycles. The number of methoxy groups -OCH3 is 1. The molecule has 0 atom stereocenters. The Morgan fingerprint density at radius 3 is 2.66 bits per heavy atom. The molecule has 0 N–H and O–H groups in total. The van der Waals surface area contributed by atoms with Crippen LogP contribution in [0.5, 0.6) is 5.75 Å². The van der Waals surface area contributed by atoms with Gasteiger partial charge in [-0.05, 0) is 42.7 Å². The first-order valence-electron chi connectivity index (χ1n) is 10.3. The molecule has 0 unspecified atom stereocenters. The van der Waals surface area contributed by atoms with E-state index in [1.807, 2.05) is 47.8 Å². The lowest BCUT2D eigenvalue weighted by Crippen LogP contribution is -2.36. The summed E-state index contributed by atoms with van der Waals surface area (Å²) in [5.41, 5.74) is 2.52. The third kappa shape index (κ3) is 5.87. The van der Waals surface area contributed by atoms with Crippen molar-refractivity contribution in [2.45, 2.75) is 31.8 Å². The fraction of sp³-hybridized carbons (Fsp3) is 0.292. The van der Waals surface area contributed by atoms with E-state index in [1.54, 1.807) is 18.1 Å². The van der Waals surface area contributed by atoms with E-state index in [0.717, 1.165) is 34.7 Å². The van der Waals surface area contributed by atoms with E-state index in [2.05, 4.69) is 4.98 Å². The molecule has 0 bridgehead atoms. The lowest BCUT2D eigenvalue weighted by atomic mass is 10.2. The highest BCUT2D eigenvalue weighted by Gasteiger charge is 2.33. The zero-order valence-electron chi connectivity index (χ0n) is 17.6. The molecule has 3 aromatic rings. The van der Waals surface area contributed by atoms with Crippen LogP contribution in [0.2, 0.25) is 5.02 Å². The fourth-order valence-electron chi connectivity index (χ4n) is 3.30. The molecule has 0 spiro atoms. The average molecular weight is 471 g/mol. The molecule has 166 valence electrons. The third-order valence-corrected chi connectivity index (χ3v) is 6.30. The second kappa shape index (κ2) is 10.1. The predicted octanol–water partition coefficient (Wildman–Crippen LogP) is 4.75. The quantitative estimate of drug-likeness (QED) is 0.422. The van der Waals surface area contributed by atoms with Gasteiger partial charge in [0.1, 0.15) is 10.8 Å². The normalized spacial score (nSPS) is 12.9. The summed E-state index contributed by atoms with van der Waals surface area (Å²) in [6.07, 6.45) is 1.97. The summed E-state index contributed by atoms with van der Waals surface area (Å²) in [5.74, 6) is 0.114. The summed E-state index contributed by atoms with van der Waals surface area (Å²) in [5, 5.41) is 3.23. The number of hydrogen-bond acceptors (Lipinski definition) is 6. The Bertz CT molecular complexity index is 1100. The van der Waals surface area contributed by atoms with Crippen LogP contribution < -0.4 is 4.74 Å². The van der Waals surface area contributed by atoms with Crippen molar-refractivity contribution in [2.75, 3.05) is 13.7 Å². The minimum atomic E-state index is -0.471. The van der Waals surface area contributed by atoms with Gasteiger partial charge in [-0.15, -0.1) is 11.3 Å². The number of nitrogens with zero attached hydrogens (tertiary/aromatic N) is 2. The van der Waals surface area contributed by atoms with Gasteiger partial charge in [-0.2, -0.15) is 0 Å². The van der Waals surface area contributed by atoms with Gasteiger partial charge in [-0.25, -0.2) is 4.98 Å². The van der Waals surface area contributed by atoms with Crippen molar-refractivity contribution in [3.8, 4) is 16.3 Å². The fourth-order valence-corrected chi connectivity index (χ4v) is 4.31. The second-order valence-corrected chi connectivity index (χ2v) is 8.89. The Balaban J connectivity index is 1.30. The number of esters is 1. The number of aromatic nitrogens is 1. The summed E-state index contributed by atoms with van der Waals surface area (Å²) < 4.78 is 10.4. The van der Waals surface area contributed by atoms with Crippen LogP contribution in [0.1, 0.15) is 24.1 Å². The van der Waals surface area contributed by atoms with Gasteiger partial charge in [0.25, 0.3) is 5.91 Å². The van der Waals surface area contributed by atoms with Gasteiger partial charge in [-0.3, -0.25) is 9.59 Å². The molecule has 8 heteroatoms. The summed E-state index contributed by atoms with van der Waals surface area (Å²) in [7, 11) is 1.62. The minimum Gasteiger partial charge on any atom is -0.497 e. The summed E-state index contributed by atoms with van der Waals surface area (Å²) in [6, 6.07) is 15.2. The predicted molar refractivity (Wildman–Crippen MR) is 124 cm³/mol. The Labute approximate surface area is 195 Å². The molecular formula is C24H23ClN2O4S. The Morgan fingerprint density at radius 2 is 1.97 bits per heavy atom. The number of rotatable bonds is 9. The lowest BCUT2D eigenvalue weighted by molar-refractivity contribution is -0.152. The van der Waals surface area contributed by atoms with Crippen LogP contribution in [-0.2, 0) is 27.3 Å². The van der Waals surface area contributed by atoms with Gasteiger partial charge >= 0.3 is 5.97 Å². The number of ether oxygens (including phenoxy) is 2. The third-order valence-electron chi connectivity index (χ3n) is 5.13.